The van der Waals surface area contributed by atoms with Gasteiger partial charge in [-0.2, -0.15) is 0 Å². The summed E-state index contributed by atoms with van der Waals surface area (Å²) in [5, 5.41) is -1.36. The molecule has 0 spiro atoms. The largest absolute Gasteiger partial charge is 2.00 e. The molecule has 33 heteroatoms. The van der Waals surface area contributed by atoms with Crippen molar-refractivity contribution in [2.75, 3.05) is 0 Å². The van der Waals surface area contributed by atoms with Gasteiger partial charge in [0.1, 0.15) is 66.1 Å². The summed E-state index contributed by atoms with van der Waals surface area (Å²) >= 11 is 61.6. The van der Waals surface area contributed by atoms with Crippen molar-refractivity contribution in [3.8, 4) is 138 Å². The molecule has 0 unspecified atom stereocenters. The van der Waals surface area contributed by atoms with Gasteiger partial charge in [-0.3, -0.25) is 39.9 Å². The number of rotatable bonds is 16. The molecule has 17 rings (SSSR count). The maximum Gasteiger partial charge on any atom is 2.00 e. The SMILES string of the molecule is Clc1c(Oc2cccnc2)c(Cl)c2c(c1Oc1cccnc1)-c1nc-2nc2[n-]c(nc3nc(nc4[n-]c(n1)c1c(Cl)c(Oc5cccnc5)c(Cl)c(Oc5cccnc5)c41)-c1c(Cl)c(Oc4cccnc4)c(Cl)c(Oc4cccnc4)c1-3)c1c(Cl)c(Oc3cccnc3)c(Cl)c(Oc3cccnc3)c21.[Co+2]. The van der Waals surface area contributed by atoms with Gasteiger partial charge in [-0.05, 0) is 97.1 Å². The topological polar surface area (TPSA) is 283 Å². The molecule has 0 aliphatic carbocycles. The van der Waals surface area contributed by atoms with Crippen LogP contribution in [-0.2, 0) is 16.8 Å². The summed E-state index contributed by atoms with van der Waals surface area (Å²) in [6.07, 6.45) is 24.1. The van der Waals surface area contributed by atoms with E-state index >= 15 is 0 Å². The number of nitrogens with zero attached hydrogens (tertiary/aromatic N) is 16. The van der Waals surface area contributed by atoms with E-state index in [0.717, 1.165) is 0 Å². The normalized spacial score (nSPS) is 11.4. The molecule has 0 amide bonds. The Morgan fingerprint density at radius 1 is 0.219 bits per heavy atom. The molecule has 8 bridgehead atoms. The summed E-state index contributed by atoms with van der Waals surface area (Å²) < 4.78 is 53.4. The second-order valence-corrected chi connectivity index (χ2v) is 25.0. The maximum atomic E-state index is 7.78. The molecular weight excluding hydrogens is 1560 g/mol. The monoisotopic (exact) mass is 1590 g/mol. The van der Waals surface area contributed by atoms with E-state index in [0.29, 0.717) is 0 Å². The van der Waals surface area contributed by atoms with E-state index in [4.69, 9.17) is 171 Å². The van der Waals surface area contributed by atoms with E-state index in [1.807, 2.05) is 0 Å². The van der Waals surface area contributed by atoms with Crippen molar-refractivity contribution in [3.05, 3.63) is 236 Å². The fraction of sp³-hybridized carbons (Fsp3) is 0. The Morgan fingerprint density at radius 3 is 0.676 bits per heavy atom. The van der Waals surface area contributed by atoms with Crippen molar-refractivity contribution in [1.29, 1.82) is 0 Å². The first kappa shape index (κ1) is 68.1. The summed E-state index contributed by atoms with van der Waals surface area (Å²) in [6, 6.07) is 26.4. The van der Waals surface area contributed by atoms with Crippen LogP contribution in [0.5, 0.6) is 92.0 Å². The summed E-state index contributed by atoms with van der Waals surface area (Å²) in [4.78, 5) is 76.6. The second-order valence-electron chi connectivity index (χ2n) is 22.0. The molecule has 0 fully saturated rings. The van der Waals surface area contributed by atoms with Crippen LogP contribution in [0.4, 0.5) is 0 Å². The predicted octanol–water partition coefficient (Wildman–Crippen LogP) is 20.9. The molecule has 11 aromatic heterocycles. The fourth-order valence-corrected chi connectivity index (χ4v) is 13.6. The van der Waals surface area contributed by atoms with Crippen molar-refractivity contribution < 1.29 is 54.7 Å². The molecule has 15 aromatic rings. The van der Waals surface area contributed by atoms with Crippen LogP contribution in [0.3, 0.4) is 0 Å². The van der Waals surface area contributed by atoms with Crippen LogP contribution in [0.2, 0.25) is 40.2 Å². The summed E-state index contributed by atoms with van der Waals surface area (Å²) in [6.45, 7) is 0. The second kappa shape index (κ2) is 28.7. The van der Waals surface area contributed by atoms with Gasteiger partial charge in [-0.25, -0.2) is 9.97 Å². The van der Waals surface area contributed by atoms with Crippen molar-refractivity contribution >= 4 is 137 Å². The molecule has 13 heterocycles. The number of hydrogen-bond donors (Lipinski definition) is 0. The quantitative estimate of drug-likeness (QED) is 0.0868. The number of ether oxygens (including phenoxy) is 8. The van der Waals surface area contributed by atoms with E-state index in [1.165, 1.54) is 49.6 Å². The Hall–Kier alpha value is -11.3. The zero-order chi connectivity index (χ0) is 70.7. The van der Waals surface area contributed by atoms with Gasteiger partial charge in [0.2, 0.25) is 0 Å². The van der Waals surface area contributed by atoms with Crippen molar-refractivity contribution in [2.24, 2.45) is 0 Å². The molecule has 1 radical (unpaired) electrons. The average molecular weight is 1590 g/mol. The average Bonchev–Trinajstić information content (AvgIpc) is 1.58. The number of benzene rings is 4. The molecule has 0 N–H and O–H groups in total. The predicted molar refractivity (Wildman–Crippen MR) is 389 cm³/mol. The van der Waals surface area contributed by atoms with Crippen molar-refractivity contribution in [1.82, 2.24) is 79.7 Å². The summed E-state index contributed by atoms with van der Waals surface area (Å²) in [5.41, 5.74) is -0.840. The molecule has 2 aliphatic heterocycles. The van der Waals surface area contributed by atoms with Gasteiger partial charge in [0, 0.05) is 105 Å². The zero-order valence-corrected chi connectivity index (χ0v) is 59.3. The van der Waals surface area contributed by atoms with Crippen molar-refractivity contribution in [3.63, 3.8) is 0 Å². The Bertz CT molecular complexity index is 5740. The number of pyridine rings is 8. The minimum Gasteiger partial charge on any atom is -0.453 e. The third-order valence-electron chi connectivity index (χ3n) is 15.5. The molecule has 105 heavy (non-hydrogen) atoms. The summed E-state index contributed by atoms with van der Waals surface area (Å²) in [5.74, 6) is -0.299. The number of hydrogen-bond acceptors (Lipinski definition) is 22. The van der Waals surface area contributed by atoms with Crippen LogP contribution < -0.4 is 47.9 Å². The van der Waals surface area contributed by atoms with Gasteiger partial charge in [-0.1, -0.05) is 92.8 Å². The molecule has 513 valence electrons. The molecule has 24 nitrogen and oxygen atoms in total. The van der Waals surface area contributed by atoms with Gasteiger partial charge >= 0.3 is 16.8 Å². The van der Waals surface area contributed by atoms with Crippen LogP contribution in [0.15, 0.2) is 196 Å². The van der Waals surface area contributed by atoms with Crippen LogP contribution in [0.25, 0.3) is 89.7 Å². The minimum atomic E-state index is -0.219. The van der Waals surface area contributed by atoms with Crippen LogP contribution in [-0.4, -0.2) is 69.8 Å². The standard InChI is InChI=1S/C72H32Cl8N16O8.Co/c73-49-41-45(57(97-33-9-1-17-81-25-33)53(77)61(49)101-37-13-5-21-85-29-37)69-89-65(41)94-70-47-43(51(75)63(103-39-15-7-23-87-31-39)55(79)59(47)99-35-11-3-19-83-27-35)67(91-70)96-72-48-44(52(76)64(104-40-16-8-24-88-32-40)56(80)60(48)100-36-12-4-20-84-28-36)68(92-72)95-71-46-42(66(90-71)93-69)50(74)62(102-38-14-6-22-86-30-38)54(78)58(46)98-34-10-2-18-82-26-34;/h1-32H;/q-2;+2. The molecule has 0 atom stereocenters. The third-order valence-corrected chi connectivity index (χ3v) is 18.3. The van der Waals surface area contributed by atoms with Crippen molar-refractivity contribution in [2.45, 2.75) is 0 Å². The molecule has 4 aromatic carbocycles. The Morgan fingerprint density at radius 2 is 0.429 bits per heavy atom. The van der Waals surface area contributed by atoms with Crippen LogP contribution in [0.1, 0.15) is 0 Å². The number of halogens is 8. The Kier molecular flexibility index (Phi) is 18.6. The molecular formula is C72H32Cl8CoN16O8. The van der Waals surface area contributed by atoms with E-state index < -0.39 is 0 Å². The van der Waals surface area contributed by atoms with Crippen LogP contribution in [0, 0.1) is 0 Å². The first-order valence-corrected chi connectivity index (χ1v) is 33.5. The van der Waals surface area contributed by atoms with E-state index in [1.54, 1.807) is 147 Å². The van der Waals surface area contributed by atoms with E-state index in [-0.39, 0.29) is 239 Å². The van der Waals surface area contributed by atoms with Gasteiger partial charge in [0.05, 0.1) is 104 Å². The summed E-state index contributed by atoms with van der Waals surface area (Å²) in [7, 11) is 0. The molecule has 2 aliphatic rings. The van der Waals surface area contributed by atoms with Gasteiger partial charge in [0.25, 0.3) is 0 Å². The van der Waals surface area contributed by atoms with Gasteiger partial charge in [0.15, 0.2) is 46.0 Å². The smallest absolute Gasteiger partial charge is 0.453 e. The zero-order valence-electron chi connectivity index (χ0n) is 52.3. The Balaban J connectivity index is 0.00000847. The minimum absolute atomic E-state index is 0. The molecule has 0 saturated carbocycles. The number of aromatic nitrogens is 16. The van der Waals surface area contributed by atoms with Gasteiger partial charge in [-0.15, -0.1) is 0 Å². The van der Waals surface area contributed by atoms with Gasteiger partial charge < -0.3 is 67.8 Å². The fourth-order valence-electron chi connectivity index (χ4n) is 11.1. The number of fused-ring (bicyclic) bond motifs is 20. The Labute approximate surface area is 640 Å². The van der Waals surface area contributed by atoms with E-state index in [2.05, 4.69) is 39.9 Å². The van der Waals surface area contributed by atoms with Crippen LogP contribution >= 0.6 is 92.8 Å². The third kappa shape index (κ3) is 12.7. The van der Waals surface area contributed by atoms with E-state index in [9.17, 15) is 0 Å². The molecule has 0 saturated heterocycles. The first-order chi connectivity index (χ1) is 50.9. The first-order valence-electron chi connectivity index (χ1n) is 30.4. The maximum absolute atomic E-state index is 7.78.